The van der Waals surface area contributed by atoms with E-state index in [0.29, 0.717) is 24.9 Å². The van der Waals surface area contributed by atoms with E-state index in [1.54, 1.807) is 6.07 Å². The monoisotopic (exact) mass is 492 g/mol. The number of hydrogen-bond acceptors (Lipinski definition) is 5. The number of β-amino-alcohol motifs (C(OH)–C–C–N with tert-alkyl or cyclic N) is 1. The van der Waals surface area contributed by atoms with Crippen LogP contribution in [0.2, 0.25) is 0 Å². The average Bonchev–Trinajstić information content (AvgIpc) is 2.82. The minimum absolute atomic E-state index is 0.0969. The molecule has 0 saturated carbocycles. The zero-order valence-corrected chi connectivity index (χ0v) is 19.4. The molecule has 0 unspecified atom stereocenters. The summed E-state index contributed by atoms with van der Waals surface area (Å²) in [5.41, 5.74) is 0.848. The van der Waals surface area contributed by atoms with Crippen LogP contribution in [0.25, 0.3) is 0 Å². The lowest BCUT2D eigenvalue weighted by Crippen LogP contribution is -2.55. The molecule has 1 amide bonds. The number of amides is 1. The van der Waals surface area contributed by atoms with Crippen molar-refractivity contribution in [3.05, 3.63) is 71.3 Å². The van der Waals surface area contributed by atoms with E-state index in [1.165, 1.54) is 6.07 Å². The van der Waals surface area contributed by atoms with Crippen LogP contribution in [-0.2, 0) is 33.5 Å². The maximum atomic E-state index is 13.2. The number of benzene rings is 2. The minimum atomic E-state index is -4.41. The standard InChI is InChI=1S/C26H31F3N2O4/c27-26(28,29)20-8-4-7-19(11-20)14-31-15-21(32)16-34-17-24-23(31)10-9-22(35-24)12-25(33)30-13-18-5-2-1-3-6-18/h1-8,11,21-24,32H,9-10,12-17H2,(H,30,33)/t21-,22+,23-,24+/m0/s1. The first-order chi connectivity index (χ1) is 16.8. The molecule has 2 heterocycles. The molecule has 0 aromatic heterocycles. The third kappa shape index (κ3) is 7.27. The van der Waals surface area contributed by atoms with Crippen LogP contribution in [-0.4, -0.2) is 60.0 Å². The summed E-state index contributed by atoms with van der Waals surface area (Å²) in [6.45, 7) is 1.35. The highest BCUT2D eigenvalue weighted by Gasteiger charge is 2.38. The van der Waals surface area contributed by atoms with E-state index in [0.717, 1.165) is 17.7 Å². The van der Waals surface area contributed by atoms with Gasteiger partial charge in [0.1, 0.15) is 0 Å². The molecule has 2 saturated heterocycles. The number of fused-ring (bicyclic) bond motifs is 1. The zero-order chi connectivity index (χ0) is 24.8. The van der Waals surface area contributed by atoms with Crippen LogP contribution < -0.4 is 5.32 Å². The average molecular weight is 493 g/mol. The predicted molar refractivity (Wildman–Crippen MR) is 123 cm³/mol. The molecule has 6 nitrogen and oxygen atoms in total. The van der Waals surface area contributed by atoms with Crippen molar-refractivity contribution in [2.24, 2.45) is 0 Å². The van der Waals surface area contributed by atoms with Gasteiger partial charge in [-0.05, 0) is 30.0 Å². The van der Waals surface area contributed by atoms with Gasteiger partial charge >= 0.3 is 6.18 Å². The zero-order valence-electron chi connectivity index (χ0n) is 19.4. The first-order valence-corrected chi connectivity index (χ1v) is 11.9. The second-order valence-corrected chi connectivity index (χ2v) is 9.23. The molecule has 190 valence electrons. The predicted octanol–water partition coefficient (Wildman–Crippen LogP) is 3.52. The number of halogens is 3. The normalized spacial score (nSPS) is 25.8. The van der Waals surface area contributed by atoms with Crippen molar-refractivity contribution < 1.29 is 32.5 Å². The SMILES string of the molecule is O=C(C[C@H]1CC[C@H]2[C@@H](COC[C@@H](O)CN2Cc2cccc(C(F)(F)F)c2)O1)NCc1ccccc1. The Hall–Kier alpha value is -2.46. The molecule has 9 heteroatoms. The van der Waals surface area contributed by atoms with Crippen molar-refractivity contribution in [2.75, 3.05) is 19.8 Å². The van der Waals surface area contributed by atoms with E-state index in [1.807, 2.05) is 35.2 Å². The summed E-state index contributed by atoms with van der Waals surface area (Å²) in [6.07, 6.45) is -4.21. The molecule has 0 radical (unpaired) electrons. The Morgan fingerprint density at radius 2 is 1.83 bits per heavy atom. The van der Waals surface area contributed by atoms with Crippen molar-refractivity contribution in [1.29, 1.82) is 0 Å². The first kappa shape index (κ1) is 25.6. The molecular weight excluding hydrogens is 461 g/mol. The van der Waals surface area contributed by atoms with E-state index >= 15 is 0 Å². The molecule has 2 N–H and O–H groups in total. The minimum Gasteiger partial charge on any atom is -0.389 e. The fourth-order valence-corrected chi connectivity index (χ4v) is 4.78. The highest BCUT2D eigenvalue weighted by atomic mass is 19.4. The van der Waals surface area contributed by atoms with Gasteiger partial charge in [0.15, 0.2) is 0 Å². The lowest BCUT2D eigenvalue weighted by molar-refractivity contribution is -0.158. The van der Waals surface area contributed by atoms with Gasteiger partial charge in [-0.15, -0.1) is 0 Å². The fourth-order valence-electron chi connectivity index (χ4n) is 4.78. The quantitative estimate of drug-likeness (QED) is 0.646. The number of carbonyl (C=O) groups is 1. The maximum Gasteiger partial charge on any atom is 0.416 e. The van der Waals surface area contributed by atoms with Gasteiger partial charge in [-0.3, -0.25) is 9.69 Å². The molecular formula is C26H31F3N2O4. The second kappa shape index (κ2) is 11.5. The van der Waals surface area contributed by atoms with Crippen LogP contribution in [0.15, 0.2) is 54.6 Å². The van der Waals surface area contributed by atoms with Gasteiger partial charge in [0.05, 0.1) is 43.5 Å². The summed E-state index contributed by atoms with van der Waals surface area (Å²) < 4.78 is 51.4. The number of nitrogens with one attached hydrogen (secondary N) is 1. The number of carbonyl (C=O) groups excluding carboxylic acids is 1. The summed E-state index contributed by atoms with van der Waals surface area (Å²) in [4.78, 5) is 14.5. The van der Waals surface area contributed by atoms with Crippen molar-refractivity contribution in [3.8, 4) is 0 Å². The van der Waals surface area contributed by atoms with Gasteiger partial charge in [0.2, 0.25) is 5.91 Å². The fraction of sp³-hybridized carbons (Fsp3) is 0.500. The topological polar surface area (TPSA) is 71.0 Å². The van der Waals surface area contributed by atoms with E-state index < -0.39 is 17.8 Å². The lowest BCUT2D eigenvalue weighted by atomic mass is 9.94. The first-order valence-electron chi connectivity index (χ1n) is 11.9. The molecule has 35 heavy (non-hydrogen) atoms. The van der Waals surface area contributed by atoms with Crippen molar-refractivity contribution in [1.82, 2.24) is 10.2 Å². The molecule has 0 bridgehead atoms. The number of ether oxygens (including phenoxy) is 2. The molecule has 0 spiro atoms. The number of nitrogens with zero attached hydrogens (tertiary/aromatic N) is 1. The molecule has 4 rings (SSSR count). The van der Waals surface area contributed by atoms with Gasteiger partial charge < -0.3 is 19.9 Å². The summed E-state index contributed by atoms with van der Waals surface area (Å²) >= 11 is 0. The lowest BCUT2D eigenvalue weighted by Gasteiger charge is -2.44. The Labute approximate surface area is 203 Å². The highest BCUT2D eigenvalue weighted by molar-refractivity contribution is 5.76. The number of hydrogen-bond donors (Lipinski definition) is 2. The van der Waals surface area contributed by atoms with Crippen molar-refractivity contribution >= 4 is 5.91 Å². The van der Waals surface area contributed by atoms with Crippen LogP contribution in [0, 0.1) is 0 Å². The number of aliphatic hydroxyl groups excluding tert-OH is 1. The van der Waals surface area contributed by atoms with E-state index in [4.69, 9.17) is 9.47 Å². The van der Waals surface area contributed by atoms with Gasteiger partial charge in [0.25, 0.3) is 0 Å². The Balaban J connectivity index is 1.38. The molecule has 4 atom stereocenters. The summed E-state index contributed by atoms with van der Waals surface area (Å²) in [5.74, 6) is -0.0969. The second-order valence-electron chi connectivity index (χ2n) is 9.23. The molecule has 2 aliphatic rings. The third-order valence-electron chi connectivity index (χ3n) is 6.47. The smallest absolute Gasteiger partial charge is 0.389 e. The third-order valence-corrected chi connectivity index (χ3v) is 6.47. The van der Waals surface area contributed by atoms with E-state index in [2.05, 4.69) is 5.32 Å². The van der Waals surface area contributed by atoms with Crippen LogP contribution in [0.4, 0.5) is 13.2 Å². The summed E-state index contributed by atoms with van der Waals surface area (Å²) in [7, 11) is 0. The molecule has 2 aromatic carbocycles. The van der Waals surface area contributed by atoms with Crippen LogP contribution in [0.3, 0.4) is 0 Å². The van der Waals surface area contributed by atoms with Gasteiger partial charge in [-0.2, -0.15) is 13.2 Å². The van der Waals surface area contributed by atoms with E-state index in [9.17, 15) is 23.1 Å². The van der Waals surface area contributed by atoms with E-state index in [-0.39, 0.29) is 56.9 Å². The Morgan fingerprint density at radius 3 is 2.60 bits per heavy atom. The van der Waals surface area contributed by atoms with Crippen LogP contribution >= 0.6 is 0 Å². The van der Waals surface area contributed by atoms with Crippen LogP contribution in [0.5, 0.6) is 0 Å². The maximum absolute atomic E-state index is 13.2. The molecule has 2 aromatic rings. The Morgan fingerprint density at radius 1 is 1.06 bits per heavy atom. The van der Waals surface area contributed by atoms with Crippen LogP contribution in [0.1, 0.15) is 36.0 Å². The number of aliphatic hydroxyl groups is 1. The number of rotatable bonds is 6. The number of alkyl halides is 3. The summed E-state index contributed by atoms with van der Waals surface area (Å²) in [6, 6.07) is 14.8. The van der Waals surface area contributed by atoms with Gasteiger partial charge in [-0.25, -0.2) is 0 Å². The molecule has 2 aliphatic heterocycles. The molecule has 2 fully saturated rings. The largest absolute Gasteiger partial charge is 0.416 e. The highest BCUT2D eigenvalue weighted by Crippen LogP contribution is 2.32. The summed E-state index contributed by atoms with van der Waals surface area (Å²) in [5, 5.41) is 13.2. The Bertz CT molecular complexity index is 973. The van der Waals surface area contributed by atoms with Crippen molar-refractivity contribution in [3.63, 3.8) is 0 Å². The van der Waals surface area contributed by atoms with Crippen molar-refractivity contribution in [2.45, 2.75) is 62.9 Å². The van der Waals surface area contributed by atoms with Gasteiger partial charge in [0, 0.05) is 25.7 Å². The molecule has 0 aliphatic carbocycles. The van der Waals surface area contributed by atoms with Gasteiger partial charge in [-0.1, -0.05) is 48.5 Å². The Kier molecular flexibility index (Phi) is 8.43.